The highest BCUT2D eigenvalue weighted by atomic mass is 32.2. The lowest BCUT2D eigenvalue weighted by molar-refractivity contribution is 0.0664. The Labute approximate surface area is 190 Å². The van der Waals surface area contributed by atoms with E-state index in [4.69, 9.17) is 9.47 Å². The van der Waals surface area contributed by atoms with Crippen LogP contribution < -0.4 is 14.2 Å². The third-order valence-corrected chi connectivity index (χ3v) is 7.71. The number of likely N-dealkylation sites (N-methyl/N-ethyl adjacent to an activating group) is 1. The van der Waals surface area contributed by atoms with E-state index in [0.717, 1.165) is 17.8 Å². The number of methoxy groups -OCH3 is 2. The molecule has 4 rings (SSSR count). The van der Waals surface area contributed by atoms with Gasteiger partial charge in [-0.05, 0) is 37.4 Å². The second kappa shape index (κ2) is 8.93. The smallest absolute Gasteiger partial charge is 0.263 e. The van der Waals surface area contributed by atoms with Crippen molar-refractivity contribution in [2.75, 3.05) is 52.2 Å². The first-order chi connectivity index (χ1) is 15.3. The summed E-state index contributed by atoms with van der Waals surface area (Å²) in [7, 11) is 1.07. The van der Waals surface area contributed by atoms with Crippen molar-refractivity contribution in [1.29, 1.82) is 0 Å². The van der Waals surface area contributed by atoms with Crippen LogP contribution in [0.15, 0.2) is 41.3 Å². The molecule has 1 aliphatic rings. The maximum Gasteiger partial charge on any atom is 0.263 e. The molecule has 11 heteroatoms. The second-order valence-corrected chi connectivity index (χ2v) is 10.1. The Morgan fingerprint density at radius 1 is 1.03 bits per heavy atom. The van der Waals surface area contributed by atoms with Crippen molar-refractivity contribution in [2.45, 2.75) is 4.90 Å². The normalized spacial score (nSPS) is 15.0. The van der Waals surface area contributed by atoms with E-state index in [1.165, 1.54) is 43.8 Å². The zero-order valence-corrected chi connectivity index (χ0v) is 19.6. The van der Waals surface area contributed by atoms with E-state index in [-0.39, 0.29) is 15.9 Å². The summed E-state index contributed by atoms with van der Waals surface area (Å²) in [5.41, 5.74) is 1.19. The minimum absolute atomic E-state index is 0.0270. The lowest BCUT2D eigenvalue weighted by Crippen LogP contribution is -2.47. The molecule has 1 amide bonds. The van der Waals surface area contributed by atoms with Gasteiger partial charge in [0.25, 0.3) is 15.9 Å². The van der Waals surface area contributed by atoms with Crippen molar-refractivity contribution in [1.82, 2.24) is 14.8 Å². The van der Waals surface area contributed by atoms with Gasteiger partial charge in [0.1, 0.15) is 0 Å². The monoisotopic (exact) mass is 476 g/mol. The minimum Gasteiger partial charge on any atom is -0.493 e. The summed E-state index contributed by atoms with van der Waals surface area (Å²) in [6, 6.07) is 9.59. The van der Waals surface area contributed by atoms with Crippen LogP contribution in [0.2, 0.25) is 0 Å². The van der Waals surface area contributed by atoms with Crippen molar-refractivity contribution in [3.05, 3.63) is 42.0 Å². The van der Waals surface area contributed by atoms with Crippen LogP contribution in [0.25, 0.3) is 10.2 Å². The van der Waals surface area contributed by atoms with Gasteiger partial charge in [-0.15, -0.1) is 0 Å². The van der Waals surface area contributed by atoms with Gasteiger partial charge in [0.05, 0.1) is 29.3 Å². The minimum atomic E-state index is -3.88. The highest BCUT2D eigenvalue weighted by Gasteiger charge is 2.22. The average molecular weight is 477 g/mol. The lowest BCUT2D eigenvalue weighted by atomic mass is 10.1. The van der Waals surface area contributed by atoms with Crippen LogP contribution in [0.4, 0.5) is 5.13 Å². The number of piperazine rings is 1. The second-order valence-electron chi connectivity index (χ2n) is 7.42. The molecule has 2 heterocycles. The van der Waals surface area contributed by atoms with E-state index in [9.17, 15) is 13.2 Å². The quantitative estimate of drug-likeness (QED) is 0.583. The molecule has 1 aromatic heterocycles. The molecular formula is C21H24N4O5S2. The molecule has 1 fully saturated rings. The molecule has 9 nitrogen and oxygen atoms in total. The molecule has 0 atom stereocenters. The summed E-state index contributed by atoms with van der Waals surface area (Å²) in [5.74, 6) is 0.719. The SMILES string of the molecule is COc1ccc(S(=O)(=O)Nc2nc3ccc(C(=O)N4CCN(C)CC4)cc3s2)cc1OC. The number of thiazole rings is 1. The molecule has 1 N–H and O–H groups in total. The molecule has 1 aliphatic heterocycles. The van der Waals surface area contributed by atoms with Crippen molar-refractivity contribution in [3.63, 3.8) is 0 Å². The lowest BCUT2D eigenvalue weighted by Gasteiger charge is -2.32. The van der Waals surface area contributed by atoms with Gasteiger partial charge in [-0.3, -0.25) is 9.52 Å². The first kappa shape index (κ1) is 22.3. The summed E-state index contributed by atoms with van der Waals surface area (Å²) >= 11 is 1.18. The summed E-state index contributed by atoms with van der Waals surface area (Å²) in [4.78, 5) is 21.3. The number of sulfonamides is 1. The fraction of sp³-hybridized carbons (Fsp3) is 0.333. The van der Waals surface area contributed by atoms with Gasteiger partial charge in [0.2, 0.25) is 0 Å². The number of fused-ring (bicyclic) bond motifs is 1. The standard InChI is InChI=1S/C21H24N4O5S2/c1-24-8-10-25(11-9-24)20(26)14-4-6-16-19(12-14)31-21(22-16)23-32(27,28)15-5-7-17(29-2)18(13-15)30-3/h4-7,12-13H,8-11H2,1-3H3,(H,22,23). The number of amides is 1. The topological polar surface area (TPSA) is 101 Å². The van der Waals surface area contributed by atoms with Crippen LogP contribution in [0.1, 0.15) is 10.4 Å². The number of nitrogens with one attached hydrogen (secondary N) is 1. The summed E-state index contributed by atoms with van der Waals surface area (Å²) < 4.78 is 39.3. The van der Waals surface area contributed by atoms with Crippen LogP contribution in [-0.4, -0.2) is 76.6 Å². The molecule has 0 unspecified atom stereocenters. The van der Waals surface area contributed by atoms with E-state index in [1.54, 1.807) is 18.2 Å². The molecule has 32 heavy (non-hydrogen) atoms. The number of rotatable bonds is 6. The highest BCUT2D eigenvalue weighted by molar-refractivity contribution is 7.93. The Bertz CT molecular complexity index is 1250. The van der Waals surface area contributed by atoms with Crippen LogP contribution in [0.5, 0.6) is 11.5 Å². The van der Waals surface area contributed by atoms with Crippen molar-refractivity contribution < 1.29 is 22.7 Å². The van der Waals surface area contributed by atoms with Gasteiger partial charge in [-0.25, -0.2) is 13.4 Å². The fourth-order valence-corrected chi connectivity index (χ4v) is 5.61. The van der Waals surface area contributed by atoms with Gasteiger partial charge in [-0.1, -0.05) is 11.3 Å². The largest absolute Gasteiger partial charge is 0.493 e. The highest BCUT2D eigenvalue weighted by Crippen LogP contribution is 2.32. The van der Waals surface area contributed by atoms with Crippen LogP contribution in [-0.2, 0) is 10.0 Å². The summed E-state index contributed by atoms with van der Waals surface area (Å²) in [6.45, 7) is 3.06. The summed E-state index contributed by atoms with van der Waals surface area (Å²) in [5, 5.41) is 0.221. The molecule has 0 radical (unpaired) electrons. The Morgan fingerprint density at radius 3 is 2.44 bits per heavy atom. The predicted molar refractivity (Wildman–Crippen MR) is 123 cm³/mol. The van der Waals surface area contributed by atoms with Crippen molar-refractivity contribution >= 4 is 42.6 Å². The number of anilines is 1. The number of ether oxygens (including phenoxy) is 2. The Balaban J connectivity index is 1.56. The Kier molecular flexibility index (Phi) is 6.22. The molecule has 3 aromatic rings. The number of aromatic nitrogens is 1. The number of hydrogen-bond donors (Lipinski definition) is 1. The number of benzene rings is 2. The van der Waals surface area contributed by atoms with Crippen LogP contribution in [0.3, 0.4) is 0 Å². The fourth-order valence-electron chi connectivity index (χ4n) is 3.45. The first-order valence-electron chi connectivity index (χ1n) is 9.94. The number of nitrogens with zero attached hydrogens (tertiary/aromatic N) is 3. The molecule has 170 valence electrons. The molecule has 0 saturated carbocycles. The first-order valence-corrected chi connectivity index (χ1v) is 12.2. The van der Waals surface area contributed by atoms with Crippen LogP contribution in [0, 0.1) is 0 Å². The third-order valence-electron chi connectivity index (χ3n) is 5.31. The zero-order chi connectivity index (χ0) is 22.9. The third kappa shape index (κ3) is 4.50. The van der Waals surface area contributed by atoms with E-state index >= 15 is 0 Å². The van der Waals surface area contributed by atoms with E-state index in [0.29, 0.717) is 35.7 Å². The van der Waals surface area contributed by atoms with Gasteiger partial charge >= 0.3 is 0 Å². The Hall–Kier alpha value is -2.89. The number of carbonyl (C=O) groups is 1. The molecule has 0 spiro atoms. The summed E-state index contributed by atoms with van der Waals surface area (Å²) in [6.07, 6.45) is 0. The molecule has 1 saturated heterocycles. The number of carbonyl (C=O) groups excluding carboxylic acids is 1. The molecule has 2 aromatic carbocycles. The van der Waals surface area contributed by atoms with Crippen molar-refractivity contribution in [3.8, 4) is 11.5 Å². The maximum absolute atomic E-state index is 12.8. The van der Waals surface area contributed by atoms with E-state index < -0.39 is 10.0 Å². The zero-order valence-electron chi connectivity index (χ0n) is 18.0. The molecular weight excluding hydrogens is 452 g/mol. The van der Waals surface area contributed by atoms with Crippen molar-refractivity contribution in [2.24, 2.45) is 0 Å². The van der Waals surface area contributed by atoms with E-state index in [1.807, 2.05) is 11.9 Å². The molecule has 0 bridgehead atoms. The maximum atomic E-state index is 12.8. The van der Waals surface area contributed by atoms with Gasteiger partial charge in [-0.2, -0.15) is 0 Å². The van der Waals surface area contributed by atoms with Gasteiger partial charge < -0.3 is 19.3 Å². The molecule has 0 aliphatic carbocycles. The number of hydrogen-bond acceptors (Lipinski definition) is 8. The average Bonchev–Trinajstić information content (AvgIpc) is 3.19. The van der Waals surface area contributed by atoms with Crippen LogP contribution >= 0.6 is 11.3 Å². The predicted octanol–water partition coefficient (Wildman–Crippen LogP) is 2.50. The van der Waals surface area contributed by atoms with Gasteiger partial charge in [0, 0.05) is 37.8 Å². The van der Waals surface area contributed by atoms with Gasteiger partial charge in [0.15, 0.2) is 16.6 Å². The van der Waals surface area contributed by atoms with E-state index in [2.05, 4.69) is 14.6 Å². The Morgan fingerprint density at radius 2 is 1.75 bits per heavy atom.